The molecular formula is C15H23Cl2N3. The van der Waals surface area contributed by atoms with Crippen molar-refractivity contribution in [3.05, 3.63) is 33.8 Å². The fourth-order valence-corrected chi connectivity index (χ4v) is 3.22. The molecule has 2 rings (SSSR count). The van der Waals surface area contributed by atoms with Crippen molar-refractivity contribution in [1.82, 2.24) is 9.80 Å². The third-order valence-corrected chi connectivity index (χ3v) is 5.12. The van der Waals surface area contributed by atoms with Crippen LogP contribution in [0.1, 0.15) is 25.5 Å². The number of rotatable bonds is 3. The minimum atomic E-state index is 0.198. The predicted octanol–water partition coefficient (Wildman–Crippen LogP) is 3.02. The van der Waals surface area contributed by atoms with E-state index in [1.807, 2.05) is 18.2 Å². The van der Waals surface area contributed by atoms with E-state index < -0.39 is 0 Å². The molecule has 1 aliphatic heterocycles. The number of benzene rings is 1. The molecule has 0 aliphatic carbocycles. The lowest BCUT2D eigenvalue weighted by Crippen LogP contribution is -2.56. The van der Waals surface area contributed by atoms with Crippen molar-refractivity contribution in [1.29, 1.82) is 0 Å². The van der Waals surface area contributed by atoms with Crippen LogP contribution in [0, 0.1) is 0 Å². The Hall–Kier alpha value is -0.320. The average molecular weight is 316 g/mol. The van der Waals surface area contributed by atoms with Gasteiger partial charge in [-0.3, -0.25) is 9.80 Å². The lowest BCUT2D eigenvalue weighted by atomic mass is 10.0. The van der Waals surface area contributed by atoms with Crippen molar-refractivity contribution < 1.29 is 0 Å². The molecule has 1 aromatic rings. The maximum absolute atomic E-state index is 6.13. The van der Waals surface area contributed by atoms with Crippen LogP contribution in [0.25, 0.3) is 0 Å². The second-order valence-electron chi connectivity index (χ2n) is 5.74. The third kappa shape index (κ3) is 3.29. The highest BCUT2D eigenvalue weighted by Crippen LogP contribution is 2.29. The van der Waals surface area contributed by atoms with Crippen LogP contribution in [0.15, 0.2) is 18.2 Å². The molecule has 1 heterocycles. The Morgan fingerprint density at radius 3 is 2.30 bits per heavy atom. The van der Waals surface area contributed by atoms with Gasteiger partial charge in [0.05, 0.1) is 10.0 Å². The van der Waals surface area contributed by atoms with Gasteiger partial charge in [0.1, 0.15) is 0 Å². The Morgan fingerprint density at radius 1 is 1.20 bits per heavy atom. The molecule has 5 heteroatoms. The molecule has 0 bridgehead atoms. The summed E-state index contributed by atoms with van der Waals surface area (Å²) in [6.07, 6.45) is 0. The largest absolute Gasteiger partial charge is 0.329 e. The first kappa shape index (κ1) is 16.1. The van der Waals surface area contributed by atoms with Gasteiger partial charge in [-0.15, -0.1) is 0 Å². The lowest BCUT2D eigenvalue weighted by molar-refractivity contribution is 0.0352. The van der Waals surface area contributed by atoms with E-state index in [1.165, 1.54) is 0 Å². The summed E-state index contributed by atoms with van der Waals surface area (Å²) in [5.74, 6) is 0. The molecule has 112 valence electrons. The van der Waals surface area contributed by atoms with Gasteiger partial charge in [0.25, 0.3) is 0 Å². The number of halogens is 2. The first-order valence-corrected chi connectivity index (χ1v) is 7.80. The Bertz CT molecular complexity index is 454. The molecule has 0 saturated carbocycles. The summed E-state index contributed by atoms with van der Waals surface area (Å²) in [5, 5.41) is 1.18. The van der Waals surface area contributed by atoms with Crippen LogP contribution in [0.3, 0.4) is 0 Å². The second kappa shape index (κ2) is 6.63. The SMILES string of the molecule is CC1CN(C(CN)c2ccc(Cl)c(Cl)c2)CC(C)N1C. The van der Waals surface area contributed by atoms with E-state index in [-0.39, 0.29) is 6.04 Å². The standard InChI is InChI=1S/C15H23Cl2N3/c1-10-8-20(9-11(2)19(10)3)15(7-18)12-4-5-13(16)14(17)6-12/h4-6,10-11,15H,7-9,18H2,1-3H3. The van der Waals surface area contributed by atoms with Crippen LogP contribution in [0.4, 0.5) is 0 Å². The van der Waals surface area contributed by atoms with Crippen LogP contribution in [-0.2, 0) is 0 Å². The minimum Gasteiger partial charge on any atom is -0.329 e. The molecule has 2 N–H and O–H groups in total. The molecule has 3 atom stereocenters. The molecule has 1 saturated heterocycles. The highest BCUT2D eigenvalue weighted by Gasteiger charge is 2.31. The maximum atomic E-state index is 6.13. The lowest BCUT2D eigenvalue weighted by Gasteiger charge is -2.45. The summed E-state index contributed by atoms with van der Waals surface area (Å²) in [7, 11) is 2.18. The number of hydrogen-bond donors (Lipinski definition) is 1. The van der Waals surface area contributed by atoms with Gasteiger partial charge in [-0.05, 0) is 38.6 Å². The van der Waals surface area contributed by atoms with E-state index in [1.54, 1.807) is 0 Å². The van der Waals surface area contributed by atoms with Gasteiger partial charge in [0.15, 0.2) is 0 Å². The van der Waals surface area contributed by atoms with Crippen LogP contribution < -0.4 is 5.73 Å². The molecule has 0 amide bonds. The van der Waals surface area contributed by atoms with Crippen LogP contribution >= 0.6 is 23.2 Å². The zero-order valence-corrected chi connectivity index (χ0v) is 13.8. The Labute approximate surface area is 131 Å². The molecule has 3 nitrogen and oxygen atoms in total. The van der Waals surface area contributed by atoms with Gasteiger partial charge in [-0.1, -0.05) is 29.3 Å². The third-order valence-electron chi connectivity index (χ3n) is 4.38. The molecule has 3 unspecified atom stereocenters. The highest BCUT2D eigenvalue weighted by atomic mass is 35.5. The van der Waals surface area contributed by atoms with E-state index in [2.05, 4.69) is 30.7 Å². The molecule has 1 aromatic carbocycles. The summed E-state index contributed by atoms with van der Waals surface area (Å²) < 4.78 is 0. The van der Waals surface area contributed by atoms with Gasteiger partial charge in [0.2, 0.25) is 0 Å². The van der Waals surface area contributed by atoms with Crippen molar-refractivity contribution >= 4 is 23.2 Å². The highest BCUT2D eigenvalue weighted by molar-refractivity contribution is 6.42. The summed E-state index contributed by atoms with van der Waals surface area (Å²) in [6, 6.07) is 7.06. The Morgan fingerprint density at radius 2 is 1.80 bits per heavy atom. The van der Waals surface area contributed by atoms with Crippen molar-refractivity contribution in [3.8, 4) is 0 Å². The number of hydrogen-bond acceptors (Lipinski definition) is 3. The van der Waals surface area contributed by atoms with Crippen molar-refractivity contribution in [3.63, 3.8) is 0 Å². The van der Waals surface area contributed by atoms with E-state index in [9.17, 15) is 0 Å². The van der Waals surface area contributed by atoms with Crippen LogP contribution in [0.5, 0.6) is 0 Å². The Balaban J connectivity index is 2.21. The quantitative estimate of drug-likeness (QED) is 0.930. The molecule has 1 aliphatic rings. The number of likely N-dealkylation sites (N-methyl/N-ethyl adjacent to an activating group) is 1. The second-order valence-corrected chi connectivity index (χ2v) is 6.56. The van der Waals surface area contributed by atoms with E-state index in [4.69, 9.17) is 28.9 Å². The monoisotopic (exact) mass is 315 g/mol. The predicted molar refractivity (Wildman–Crippen MR) is 86.5 cm³/mol. The number of nitrogens with two attached hydrogens (primary N) is 1. The Kier molecular flexibility index (Phi) is 5.32. The van der Waals surface area contributed by atoms with Crippen LogP contribution in [-0.4, -0.2) is 48.6 Å². The number of piperazine rings is 1. The maximum Gasteiger partial charge on any atom is 0.0595 e. The summed E-state index contributed by atoms with van der Waals surface area (Å²) in [6.45, 7) is 7.13. The smallest absolute Gasteiger partial charge is 0.0595 e. The van der Waals surface area contributed by atoms with Gasteiger partial charge in [-0.25, -0.2) is 0 Å². The fraction of sp³-hybridized carbons (Fsp3) is 0.600. The molecule has 20 heavy (non-hydrogen) atoms. The van der Waals surface area contributed by atoms with E-state index >= 15 is 0 Å². The first-order chi connectivity index (χ1) is 9.43. The molecule has 0 radical (unpaired) electrons. The molecular weight excluding hydrogens is 293 g/mol. The number of nitrogens with zero attached hydrogens (tertiary/aromatic N) is 2. The van der Waals surface area contributed by atoms with Gasteiger partial charge < -0.3 is 5.73 Å². The van der Waals surface area contributed by atoms with Crippen molar-refractivity contribution in [2.75, 3.05) is 26.7 Å². The van der Waals surface area contributed by atoms with Crippen LogP contribution in [0.2, 0.25) is 10.0 Å². The van der Waals surface area contributed by atoms with Crippen molar-refractivity contribution in [2.24, 2.45) is 5.73 Å². The fourth-order valence-electron chi connectivity index (χ4n) is 2.92. The minimum absolute atomic E-state index is 0.198. The van der Waals surface area contributed by atoms with Gasteiger partial charge >= 0.3 is 0 Å². The van der Waals surface area contributed by atoms with Gasteiger partial charge in [-0.2, -0.15) is 0 Å². The van der Waals surface area contributed by atoms with E-state index in [0.29, 0.717) is 28.7 Å². The zero-order chi connectivity index (χ0) is 14.9. The molecule has 0 spiro atoms. The topological polar surface area (TPSA) is 32.5 Å². The molecule has 1 fully saturated rings. The summed E-state index contributed by atoms with van der Waals surface area (Å²) in [4.78, 5) is 4.87. The van der Waals surface area contributed by atoms with Gasteiger partial charge in [0, 0.05) is 37.8 Å². The van der Waals surface area contributed by atoms with Crippen molar-refractivity contribution in [2.45, 2.75) is 32.0 Å². The summed E-state index contributed by atoms with van der Waals surface area (Å²) >= 11 is 12.1. The molecule has 0 aromatic heterocycles. The zero-order valence-electron chi connectivity index (χ0n) is 12.3. The normalized spacial score (nSPS) is 26.7. The summed E-state index contributed by atoms with van der Waals surface area (Å²) in [5.41, 5.74) is 7.16. The van der Waals surface area contributed by atoms with E-state index in [0.717, 1.165) is 18.7 Å². The first-order valence-electron chi connectivity index (χ1n) is 7.05. The average Bonchev–Trinajstić information content (AvgIpc) is 2.41.